The van der Waals surface area contributed by atoms with Gasteiger partial charge in [0.15, 0.2) is 0 Å². The van der Waals surface area contributed by atoms with E-state index in [1.54, 1.807) is 0 Å². The number of ether oxygens (including phenoxy) is 1. The number of carbonyl (C=O) groups excluding carboxylic acids is 1. The van der Waals surface area contributed by atoms with E-state index in [0.717, 1.165) is 26.1 Å². The van der Waals surface area contributed by atoms with Gasteiger partial charge in [0.1, 0.15) is 0 Å². The van der Waals surface area contributed by atoms with Crippen molar-refractivity contribution in [3.8, 4) is 11.1 Å². The van der Waals surface area contributed by atoms with E-state index in [1.165, 1.54) is 27.8 Å². The number of carbonyl (C=O) groups is 1. The van der Waals surface area contributed by atoms with Crippen LogP contribution in [0.5, 0.6) is 0 Å². The molecule has 0 radical (unpaired) electrons. The number of hydrogen-bond donors (Lipinski definition) is 1. The van der Waals surface area contributed by atoms with Crippen LogP contribution in [0.4, 0.5) is 0 Å². The lowest BCUT2D eigenvalue weighted by atomic mass is 9.91. The third-order valence-corrected chi connectivity index (χ3v) is 4.65. The molecule has 2 aliphatic heterocycles. The number of hydrogen-bond acceptors (Lipinski definition) is 2. The maximum atomic E-state index is 11.4. The first kappa shape index (κ1) is 13.5. The van der Waals surface area contributed by atoms with Crippen LogP contribution in [-0.2, 0) is 22.6 Å². The monoisotopic (exact) mass is 293 g/mol. The van der Waals surface area contributed by atoms with Gasteiger partial charge in [0.2, 0.25) is 5.91 Å². The highest BCUT2D eigenvalue weighted by atomic mass is 16.5. The molecule has 1 unspecified atom stereocenters. The lowest BCUT2D eigenvalue weighted by Crippen LogP contribution is -2.18. The molecule has 2 aromatic rings. The zero-order valence-electron chi connectivity index (χ0n) is 12.5. The summed E-state index contributed by atoms with van der Waals surface area (Å²) in [6.07, 6.45) is 2.51. The highest BCUT2D eigenvalue weighted by Crippen LogP contribution is 2.31. The first-order chi connectivity index (χ1) is 10.8. The zero-order valence-corrected chi connectivity index (χ0v) is 12.5. The highest BCUT2D eigenvalue weighted by molar-refractivity contribution is 5.79. The van der Waals surface area contributed by atoms with E-state index in [2.05, 4.69) is 47.8 Å². The van der Waals surface area contributed by atoms with Gasteiger partial charge in [0.05, 0.1) is 19.3 Å². The number of fused-ring (bicyclic) bond motifs is 1. The van der Waals surface area contributed by atoms with Crippen LogP contribution in [0.1, 0.15) is 35.6 Å². The van der Waals surface area contributed by atoms with Gasteiger partial charge in [-0.3, -0.25) is 4.79 Å². The van der Waals surface area contributed by atoms with Crippen LogP contribution < -0.4 is 5.32 Å². The fourth-order valence-corrected chi connectivity index (χ4v) is 3.45. The molecule has 1 saturated heterocycles. The minimum atomic E-state index is 0.159. The first-order valence-corrected chi connectivity index (χ1v) is 7.89. The van der Waals surface area contributed by atoms with Gasteiger partial charge < -0.3 is 10.1 Å². The molecular weight excluding hydrogens is 274 g/mol. The number of benzene rings is 2. The molecule has 4 rings (SSSR count). The van der Waals surface area contributed by atoms with Gasteiger partial charge in [-0.05, 0) is 40.7 Å². The van der Waals surface area contributed by atoms with Crippen LogP contribution >= 0.6 is 0 Å². The molecule has 3 heteroatoms. The Hall–Kier alpha value is -2.13. The van der Waals surface area contributed by atoms with Crippen molar-refractivity contribution >= 4 is 5.91 Å². The summed E-state index contributed by atoms with van der Waals surface area (Å²) in [5.74, 6) is 0.159. The molecule has 0 aliphatic carbocycles. The van der Waals surface area contributed by atoms with Gasteiger partial charge in [-0.2, -0.15) is 0 Å². The normalized spacial score (nSPS) is 20.5. The van der Waals surface area contributed by atoms with Crippen LogP contribution in [0.15, 0.2) is 42.5 Å². The fourth-order valence-electron chi connectivity index (χ4n) is 3.45. The van der Waals surface area contributed by atoms with Gasteiger partial charge in [0, 0.05) is 6.42 Å². The zero-order chi connectivity index (χ0) is 14.9. The predicted molar refractivity (Wildman–Crippen MR) is 85.4 cm³/mol. The number of rotatable bonds is 2. The smallest absolute Gasteiger partial charge is 0.220 e. The Morgan fingerprint density at radius 2 is 1.91 bits per heavy atom. The largest absolute Gasteiger partial charge is 0.376 e. The maximum absolute atomic E-state index is 11.4. The van der Waals surface area contributed by atoms with E-state index in [4.69, 9.17) is 4.74 Å². The molecule has 1 amide bonds. The second-order valence-electron chi connectivity index (χ2n) is 6.03. The Morgan fingerprint density at radius 1 is 1.05 bits per heavy atom. The van der Waals surface area contributed by atoms with E-state index in [-0.39, 0.29) is 11.9 Å². The maximum Gasteiger partial charge on any atom is 0.220 e. The van der Waals surface area contributed by atoms with Crippen LogP contribution in [0.2, 0.25) is 0 Å². The standard InChI is InChI=1S/C19H19NO2/c21-19-9-8-18(20-19)14-6-4-13(5-7-14)16-3-1-2-15-12-22-11-10-17(15)16/h1-7,18H,8-12H2,(H,20,21). The lowest BCUT2D eigenvalue weighted by Gasteiger charge is -2.20. The van der Waals surface area contributed by atoms with Crippen molar-refractivity contribution in [1.82, 2.24) is 5.32 Å². The van der Waals surface area contributed by atoms with Crippen molar-refractivity contribution in [2.24, 2.45) is 0 Å². The van der Waals surface area contributed by atoms with Crippen LogP contribution in [0, 0.1) is 0 Å². The SMILES string of the molecule is O=C1CCC(c2ccc(-c3cccc4c3CCOC4)cc2)N1. The topological polar surface area (TPSA) is 38.3 Å². The summed E-state index contributed by atoms with van der Waals surface area (Å²) in [6, 6.07) is 15.3. The molecule has 0 bridgehead atoms. The summed E-state index contributed by atoms with van der Waals surface area (Å²) >= 11 is 0. The van der Waals surface area contributed by atoms with Gasteiger partial charge in [-0.15, -0.1) is 0 Å². The Kier molecular flexibility index (Phi) is 3.43. The minimum absolute atomic E-state index is 0.159. The molecule has 1 N–H and O–H groups in total. The molecular formula is C19H19NO2. The molecule has 3 nitrogen and oxygen atoms in total. The Morgan fingerprint density at radius 3 is 2.68 bits per heavy atom. The Labute approximate surface area is 130 Å². The van der Waals surface area contributed by atoms with Crippen molar-refractivity contribution in [3.05, 3.63) is 59.2 Å². The van der Waals surface area contributed by atoms with E-state index in [0.29, 0.717) is 6.42 Å². The molecule has 2 heterocycles. The Bertz CT molecular complexity index is 706. The summed E-state index contributed by atoms with van der Waals surface area (Å²) in [4.78, 5) is 11.4. The fraction of sp³-hybridized carbons (Fsp3) is 0.316. The van der Waals surface area contributed by atoms with Crippen molar-refractivity contribution in [2.75, 3.05) is 6.61 Å². The van der Waals surface area contributed by atoms with Crippen LogP contribution in [0.3, 0.4) is 0 Å². The van der Waals surface area contributed by atoms with Gasteiger partial charge in [-0.25, -0.2) is 0 Å². The lowest BCUT2D eigenvalue weighted by molar-refractivity contribution is -0.119. The van der Waals surface area contributed by atoms with Gasteiger partial charge in [-0.1, -0.05) is 42.5 Å². The van der Waals surface area contributed by atoms with E-state index in [9.17, 15) is 4.79 Å². The third-order valence-electron chi connectivity index (χ3n) is 4.65. The van der Waals surface area contributed by atoms with E-state index < -0.39 is 0 Å². The third kappa shape index (κ3) is 2.42. The predicted octanol–water partition coefficient (Wildman–Crippen LogP) is 3.38. The summed E-state index contributed by atoms with van der Waals surface area (Å²) in [5, 5.41) is 3.02. The minimum Gasteiger partial charge on any atom is -0.376 e. The summed E-state index contributed by atoms with van der Waals surface area (Å²) in [7, 11) is 0. The molecule has 1 fully saturated rings. The summed E-state index contributed by atoms with van der Waals surface area (Å²) in [6.45, 7) is 1.52. The molecule has 0 saturated carbocycles. The molecule has 112 valence electrons. The molecule has 2 aliphatic rings. The van der Waals surface area contributed by atoms with Crippen LogP contribution in [0.25, 0.3) is 11.1 Å². The van der Waals surface area contributed by atoms with E-state index in [1.807, 2.05) is 0 Å². The molecule has 0 spiro atoms. The quantitative estimate of drug-likeness (QED) is 0.922. The molecule has 2 aromatic carbocycles. The first-order valence-electron chi connectivity index (χ1n) is 7.89. The van der Waals surface area contributed by atoms with Crippen molar-refractivity contribution < 1.29 is 9.53 Å². The van der Waals surface area contributed by atoms with Crippen molar-refractivity contribution in [3.63, 3.8) is 0 Å². The van der Waals surface area contributed by atoms with Crippen molar-refractivity contribution in [2.45, 2.75) is 31.9 Å². The van der Waals surface area contributed by atoms with Gasteiger partial charge in [0.25, 0.3) is 0 Å². The average molecular weight is 293 g/mol. The average Bonchev–Trinajstić information content (AvgIpc) is 3.01. The molecule has 0 aromatic heterocycles. The molecule has 22 heavy (non-hydrogen) atoms. The molecule has 1 atom stereocenters. The van der Waals surface area contributed by atoms with Crippen molar-refractivity contribution in [1.29, 1.82) is 0 Å². The summed E-state index contributed by atoms with van der Waals surface area (Å²) in [5.41, 5.74) is 6.46. The number of nitrogens with one attached hydrogen (secondary N) is 1. The second kappa shape index (κ2) is 5.58. The number of amides is 1. The van der Waals surface area contributed by atoms with Crippen LogP contribution in [-0.4, -0.2) is 12.5 Å². The van der Waals surface area contributed by atoms with E-state index >= 15 is 0 Å². The summed E-state index contributed by atoms with van der Waals surface area (Å²) < 4.78 is 5.54. The second-order valence-corrected chi connectivity index (χ2v) is 6.03. The van der Waals surface area contributed by atoms with Gasteiger partial charge >= 0.3 is 0 Å². The highest BCUT2D eigenvalue weighted by Gasteiger charge is 2.22. The Balaban J connectivity index is 1.65.